The normalized spacial score (nSPS) is 11.7. The van der Waals surface area contributed by atoms with E-state index < -0.39 is 6.04 Å². The third-order valence-corrected chi connectivity index (χ3v) is 4.49. The standard InChI is InChI=1S/C20H25N3O2S/c1-15(2)13-18(19(24)23-22-17-11-7-4-8-12-17)21-20(25)26-14-16-9-5-3-6-10-16/h3-12,15,18,22H,13-14H2,1-2H3,(H,21,25)(H,23,24). The zero-order valence-corrected chi connectivity index (χ0v) is 15.9. The van der Waals surface area contributed by atoms with Crippen LogP contribution in [0.5, 0.6) is 0 Å². The first-order chi connectivity index (χ1) is 12.5. The third kappa shape index (κ3) is 7.19. The number of carbonyl (C=O) groups excluding carboxylic acids is 2. The quantitative estimate of drug-likeness (QED) is 0.609. The van der Waals surface area contributed by atoms with Crippen LogP contribution >= 0.6 is 11.8 Å². The molecular formula is C20H25N3O2S. The molecule has 0 bridgehead atoms. The number of nitrogens with one attached hydrogen (secondary N) is 3. The highest BCUT2D eigenvalue weighted by molar-refractivity contribution is 8.12. The van der Waals surface area contributed by atoms with E-state index in [2.05, 4.69) is 16.2 Å². The lowest BCUT2D eigenvalue weighted by Gasteiger charge is -2.20. The Balaban J connectivity index is 1.86. The molecule has 0 radical (unpaired) electrons. The minimum absolute atomic E-state index is 0.200. The molecule has 2 amide bonds. The fraction of sp³-hybridized carbons (Fsp3) is 0.300. The Kier molecular flexibility index (Phi) is 8.02. The Bertz CT molecular complexity index is 693. The molecule has 138 valence electrons. The second-order valence-electron chi connectivity index (χ2n) is 6.37. The fourth-order valence-electron chi connectivity index (χ4n) is 2.35. The van der Waals surface area contributed by atoms with Crippen molar-refractivity contribution >= 4 is 28.6 Å². The summed E-state index contributed by atoms with van der Waals surface area (Å²) in [7, 11) is 0. The number of para-hydroxylation sites is 1. The molecule has 0 saturated carbocycles. The van der Waals surface area contributed by atoms with Gasteiger partial charge in [-0.05, 0) is 30.0 Å². The van der Waals surface area contributed by atoms with Crippen molar-refractivity contribution in [1.29, 1.82) is 0 Å². The van der Waals surface area contributed by atoms with Crippen molar-refractivity contribution < 1.29 is 9.59 Å². The number of anilines is 1. The summed E-state index contributed by atoms with van der Waals surface area (Å²) < 4.78 is 0. The van der Waals surface area contributed by atoms with Crippen LogP contribution < -0.4 is 16.2 Å². The van der Waals surface area contributed by atoms with Crippen molar-refractivity contribution in [2.45, 2.75) is 32.1 Å². The number of hydrogen-bond acceptors (Lipinski definition) is 4. The monoisotopic (exact) mass is 371 g/mol. The van der Waals surface area contributed by atoms with Crippen LogP contribution in [0.2, 0.25) is 0 Å². The van der Waals surface area contributed by atoms with Crippen molar-refractivity contribution in [3.63, 3.8) is 0 Å². The molecule has 0 fully saturated rings. The number of thioether (sulfide) groups is 1. The lowest BCUT2D eigenvalue weighted by Crippen LogP contribution is -2.48. The van der Waals surface area contributed by atoms with E-state index in [-0.39, 0.29) is 17.1 Å². The van der Waals surface area contributed by atoms with Crippen LogP contribution in [0.3, 0.4) is 0 Å². The van der Waals surface area contributed by atoms with Crippen LogP contribution in [0.25, 0.3) is 0 Å². The maximum atomic E-state index is 12.5. The van der Waals surface area contributed by atoms with E-state index in [4.69, 9.17) is 0 Å². The number of amides is 2. The first kappa shape index (κ1) is 19.8. The number of rotatable bonds is 8. The molecule has 1 unspecified atom stereocenters. The van der Waals surface area contributed by atoms with E-state index in [1.165, 1.54) is 11.8 Å². The number of benzene rings is 2. The lowest BCUT2D eigenvalue weighted by molar-refractivity contribution is -0.122. The second-order valence-corrected chi connectivity index (χ2v) is 7.32. The van der Waals surface area contributed by atoms with Crippen molar-refractivity contribution in [3.8, 4) is 0 Å². The molecular weight excluding hydrogens is 346 g/mol. The van der Waals surface area contributed by atoms with Crippen LogP contribution in [0.15, 0.2) is 60.7 Å². The Morgan fingerprint density at radius 2 is 1.58 bits per heavy atom. The maximum Gasteiger partial charge on any atom is 0.280 e. The average molecular weight is 372 g/mol. The summed E-state index contributed by atoms with van der Waals surface area (Å²) in [4.78, 5) is 24.7. The molecule has 2 aromatic rings. The van der Waals surface area contributed by atoms with Gasteiger partial charge in [0, 0.05) is 5.75 Å². The van der Waals surface area contributed by atoms with Crippen LogP contribution in [0.1, 0.15) is 25.8 Å². The average Bonchev–Trinajstić information content (AvgIpc) is 2.65. The molecule has 3 N–H and O–H groups in total. The van der Waals surface area contributed by atoms with Crippen molar-refractivity contribution in [1.82, 2.24) is 10.7 Å². The minimum atomic E-state index is -0.581. The van der Waals surface area contributed by atoms with Gasteiger partial charge >= 0.3 is 0 Å². The van der Waals surface area contributed by atoms with Gasteiger partial charge in [-0.15, -0.1) is 0 Å². The molecule has 5 nitrogen and oxygen atoms in total. The van der Waals surface area contributed by atoms with Crippen LogP contribution in [0, 0.1) is 5.92 Å². The molecule has 6 heteroatoms. The molecule has 2 aromatic carbocycles. The minimum Gasteiger partial charge on any atom is -0.335 e. The molecule has 2 rings (SSSR count). The van der Waals surface area contributed by atoms with Gasteiger partial charge in [-0.2, -0.15) is 0 Å². The zero-order chi connectivity index (χ0) is 18.8. The van der Waals surface area contributed by atoms with E-state index in [0.29, 0.717) is 12.2 Å². The highest BCUT2D eigenvalue weighted by atomic mass is 32.2. The van der Waals surface area contributed by atoms with Gasteiger partial charge in [0.2, 0.25) is 0 Å². The first-order valence-corrected chi connectivity index (χ1v) is 9.61. The highest BCUT2D eigenvalue weighted by Crippen LogP contribution is 2.14. The van der Waals surface area contributed by atoms with E-state index in [9.17, 15) is 9.59 Å². The summed E-state index contributed by atoms with van der Waals surface area (Å²) in [5, 5.41) is 2.63. The first-order valence-electron chi connectivity index (χ1n) is 8.62. The lowest BCUT2D eigenvalue weighted by atomic mass is 10.0. The topological polar surface area (TPSA) is 70.2 Å². The predicted octanol–water partition coefficient (Wildman–Crippen LogP) is 4.19. The van der Waals surface area contributed by atoms with Gasteiger partial charge in [-0.3, -0.25) is 20.4 Å². The van der Waals surface area contributed by atoms with Gasteiger partial charge < -0.3 is 5.32 Å². The smallest absolute Gasteiger partial charge is 0.280 e. The van der Waals surface area contributed by atoms with Gasteiger partial charge in [0.25, 0.3) is 11.1 Å². The van der Waals surface area contributed by atoms with Crippen LogP contribution in [-0.4, -0.2) is 17.2 Å². The molecule has 0 aliphatic heterocycles. The van der Waals surface area contributed by atoms with Crippen molar-refractivity contribution in [3.05, 3.63) is 66.2 Å². The van der Waals surface area contributed by atoms with E-state index in [0.717, 1.165) is 11.3 Å². The molecule has 0 spiro atoms. The maximum absolute atomic E-state index is 12.5. The van der Waals surface area contributed by atoms with Gasteiger partial charge in [0.05, 0.1) is 5.69 Å². The molecule has 0 heterocycles. The fourth-order valence-corrected chi connectivity index (χ4v) is 3.07. The summed E-state index contributed by atoms with van der Waals surface area (Å²) in [6, 6.07) is 18.6. The zero-order valence-electron chi connectivity index (χ0n) is 15.1. The predicted molar refractivity (Wildman–Crippen MR) is 108 cm³/mol. The summed E-state index contributed by atoms with van der Waals surface area (Å²) in [6.45, 7) is 4.04. The summed E-state index contributed by atoms with van der Waals surface area (Å²) in [5.41, 5.74) is 7.40. The molecule has 0 saturated heterocycles. The molecule has 0 aromatic heterocycles. The Morgan fingerprint density at radius 1 is 0.962 bits per heavy atom. The van der Waals surface area contributed by atoms with E-state index >= 15 is 0 Å². The molecule has 1 atom stereocenters. The third-order valence-electron chi connectivity index (χ3n) is 3.63. The number of hydrazine groups is 1. The van der Waals surface area contributed by atoms with Gasteiger partial charge in [0.1, 0.15) is 6.04 Å². The SMILES string of the molecule is CC(C)CC(NC(=O)SCc1ccccc1)C(=O)NNc1ccccc1. The van der Waals surface area contributed by atoms with Crippen LogP contribution in [-0.2, 0) is 10.5 Å². The summed E-state index contributed by atoms with van der Waals surface area (Å²) in [5.74, 6) is 0.600. The largest absolute Gasteiger partial charge is 0.335 e. The molecule has 0 aliphatic carbocycles. The second kappa shape index (κ2) is 10.5. The summed E-state index contributed by atoms with van der Waals surface area (Å²) in [6.07, 6.45) is 0.569. The Hall–Kier alpha value is -2.47. The van der Waals surface area contributed by atoms with Crippen LogP contribution in [0.4, 0.5) is 10.5 Å². The number of carbonyl (C=O) groups is 2. The van der Waals surface area contributed by atoms with Gasteiger partial charge in [-0.25, -0.2) is 0 Å². The number of hydrogen-bond donors (Lipinski definition) is 3. The Morgan fingerprint density at radius 3 is 2.19 bits per heavy atom. The Labute approximate surface area is 158 Å². The van der Waals surface area contributed by atoms with E-state index in [1.807, 2.05) is 74.5 Å². The molecule has 0 aliphatic rings. The van der Waals surface area contributed by atoms with Gasteiger partial charge in [0.15, 0.2) is 0 Å². The van der Waals surface area contributed by atoms with E-state index in [1.54, 1.807) is 0 Å². The van der Waals surface area contributed by atoms with Crippen molar-refractivity contribution in [2.24, 2.45) is 5.92 Å². The summed E-state index contributed by atoms with van der Waals surface area (Å²) >= 11 is 1.17. The van der Waals surface area contributed by atoms with Gasteiger partial charge in [-0.1, -0.05) is 74.1 Å². The van der Waals surface area contributed by atoms with Crippen molar-refractivity contribution in [2.75, 3.05) is 5.43 Å². The molecule has 26 heavy (non-hydrogen) atoms. The highest BCUT2D eigenvalue weighted by Gasteiger charge is 2.22.